The van der Waals surface area contributed by atoms with Crippen molar-refractivity contribution in [3.05, 3.63) is 100 Å². The van der Waals surface area contributed by atoms with Crippen molar-refractivity contribution >= 4 is 29.1 Å². The van der Waals surface area contributed by atoms with Crippen LogP contribution in [0.1, 0.15) is 22.7 Å². The molecule has 1 unspecified atom stereocenters. The molecule has 162 valence electrons. The molecule has 0 aliphatic carbocycles. The second-order valence-corrected chi connectivity index (χ2v) is 7.56. The van der Waals surface area contributed by atoms with E-state index < -0.39 is 29.3 Å². The number of aliphatic hydroxyl groups is 1. The Morgan fingerprint density at radius 3 is 2.53 bits per heavy atom. The first-order chi connectivity index (χ1) is 15.4. The molecule has 6 nitrogen and oxygen atoms in total. The number of methoxy groups -OCH3 is 1. The molecule has 1 aliphatic rings. The van der Waals surface area contributed by atoms with Crippen molar-refractivity contribution in [3.8, 4) is 5.75 Å². The fourth-order valence-corrected chi connectivity index (χ4v) is 3.98. The van der Waals surface area contributed by atoms with Crippen LogP contribution in [-0.2, 0) is 16.1 Å². The van der Waals surface area contributed by atoms with E-state index in [1.54, 1.807) is 30.6 Å². The van der Waals surface area contributed by atoms with Gasteiger partial charge in [-0.3, -0.25) is 14.6 Å². The Morgan fingerprint density at radius 2 is 1.88 bits per heavy atom. The maximum absolute atomic E-state index is 14.8. The molecule has 2 heterocycles. The third kappa shape index (κ3) is 3.83. The number of hydrogen-bond donors (Lipinski definition) is 1. The molecule has 32 heavy (non-hydrogen) atoms. The van der Waals surface area contributed by atoms with Crippen LogP contribution in [-0.4, -0.2) is 33.8 Å². The van der Waals surface area contributed by atoms with E-state index in [0.29, 0.717) is 11.3 Å². The van der Waals surface area contributed by atoms with Gasteiger partial charge in [-0.25, -0.2) is 4.39 Å². The maximum atomic E-state index is 14.8. The number of aromatic nitrogens is 1. The Kier molecular flexibility index (Phi) is 5.92. The summed E-state index contributed by atoms with van der Waals surface area (Å²) in [5.41, 5.74) is 0.798. The summed E-state index contributed by atoms with van der Waals surface area (Å²) in [4.78, 5) is 31.2. The van der Waals surface area contributed by atoms with Crippen molar-refractivity contribution in [2.45, 2.75) is 12.6 Å². The lowest BCUT2D eigenvalue weighted by molar-refractivity contribution is -0.140. The van der Waals surface area contributed by atoms with Gasteiger partial charge >= 0.3 is 0 Å². The van der Waals surface area contributed by atoms with Gasteiger partial charge in [0, 0.05) is 30.1 Å². The summed E-state index contributed by atoms with van der Waals surface area (Å²) < 4.78 is 19.9. The fourth-order valence-electron chi connectivity index (χ4n) is 3.72. The summed E-state index contributed by atoms with van der Waals surface area (Å²) in [6, 6.07) is 12.6. The summed E-state index contributed by atoms with van der Waals surface area (Å²) >= 11 is 6.17. The monoisotopic (exact) mass is 452 g/mol. The topological polar surface area (TPSA) is 79.7 Å². The van der Waals surface area contributed by atoms with Crippen LogP contribution in [0.25, 0.3) is 5.76 Å². The normalized spacial score (nSPS) is 17.6. The molecule has 0 radical (unpaired) electrons. The van der Waals surface area contributed by atoms with Crippen molar-refractivity contribution in [1.82, 2.24) is 9.88 Å². The lowest BCUT2D eigenvalue weighted by Gasteiger charge is -2.25. The highest BCUT2D eigenvalue weighted by molar-refractivity contribution is 6.46. The van der Waals surface area contributed by atoms with Gasteiger partial charge < -0.3 is 14.7 Å². The van der Waals surface area contributed by atoms with E-state index >= 15 is 0 Å². The van der Waals surface area contributed by atoms with Gasteiger partial charge in [0.1, 0.15) is 17.3 Å². The average Bonchev–Trinajstić information content (AvgIpc) is 3.04. The molecule has 1 N–H and O–H groups in total. The highest BCUT2D eigenvalue weighted by Gasteiger charge is 2.47. The number of ether oxygens (including phenoxy) is 1. The van der Waals surface area contributed by atoms with Gasteiger partial charge in [0.15, 0.2) is 0 Å². The Morgan fingerprint density at radius 1 is 1.16 bits per heavy atom. The molecule has 2 aromatic carbocycles. The number of likely N-dealkylation sites (tertiary alicyclic amines) is 1. The molecule has 1 fully saturated rings. The zero-order valence-electron chi connectivity index (χ0n) is 17.0. The van der Waals surface area contributed by atoms with E-state index in [1.807, 2.05) is 0 Å². The van der Waals surface area contributed by atoms with Crippen molar-refractivity contribution in [1.29, 1.82) is 0 Å². The van der Waals surface area contributed by atoms with Crippen LogP contribution in [0.3, 0.4) is 0 Å². The van der Waals surface area contributed by atoms with Crippen molar-refractivity contribution in [2.24, 2.45) is 0 Å². The van der Waals surface area contributed by atoms with Crippen LogP contribution in [0.15, 0.2) is 72.6 Å². The number of carbonyl (C=O) groups excluding carboxylic acids is 2. The van der Waals surface area contributed by atoms with E-state index in [0.717, 1.165) is 0 Å². The van der Waals surface area contributed by atoms with E-state index in [2.05, 4.69) is 4.98 Å². The van der Waals surface area contributed by atoms with Crippen LogP contribution in [0.4, 0.5) is 4.39 Å². The first-order valence-corrected chi connectivity index (χ1v) is 10.1. The number of hydrogen-bond acceptors (Lipinski definition) is 5. The molecule has 8 heteroatoms. The number of nitrogens with zero attached hydrogens (tertiary/aromatic N) is 2. The fraction of sp³-hybridized carbons (Fsp3) is 0.125. The Hall–Kier alpha value is -3.71. The summed E-state index contributed by atoms with van der Waals surface area (Å²) in [6.45, 7) is 0.0340. The van der Waals surface area contributed by atoms with Gasteiger partial charge in [0.05, 0.1) is 23.7 Å². The van der Waals surface area contributed by atoms with Gasteiger partial charge in [-0.1, -0.05) is 29.8 Å². The van der Waals surface area contributed by atoms with E-state index in [9.17, 15) is 19.1 Å². The lowest BCUT2D eigenvalue weighted by Crippen LogP contribution is -2.29. The number of benzene rings is 2. The number of carbonyl (C=O) groups is 2. The molecule has 4 rings (SSSR count). The van der Waals surface area contributed by atoms with Crippen LogP contribution in [0.5, 0.6) is 5.75 Å². The number of ketones is 1. The number of amides is 1. The van der Waals surface area contributed by atoms with E-state index in [1.165, 1.54) is 48.4 Å². The second-order valence-electron chi connectivity index (χ2n) is 7.15. The number of halogens is 2. The Bertz CT molecular complexity index is 1230. The molecule has 1 aromatic heterocycles. The molecule has 1 saturated heterocycles. The highest BCUT2D eigenvalue weighted by atomic mass is 35.5. The molecule has 0 saturated carbocycles. The van der Waals surface area contributed by atoms with Gasteiger partial charge in [0.2, 0.25) is 0 Å². The predicted molar refractivity (Wildman–Crippen MR) is 116 cm³/mol. The molecular formula is C24H18ClFN2O4. The molecule has 0 bridgehead atoms. The smallest absolute Gasteiger partial charge is 0.295 e. The molecule has 1 amide bonds. The second kappa shape index (κ2) is 8.80. The summed E-state index contributed by atoms with van der Waals surface area (Å²) in [6.07, 6.45) is 3.12. The SMILES string of the molecule is COc1ccc(/C(O)=C2\C(=O)C(=O)N(Cc3ccncc3)C2c2ccccc2F)cc1Cl. The third-order valence-electron chi connectivity index (χ3n) is 5.27. The summed E-state index contributed by atoms with van der Waals surface area (Å²) in [5, 5.41) is 11.3. The minimum atomic E-state index is -1.12. The van der Waals surface area contributed by atoms with E-state index in [-0.39, 0.29) is 28.3 Å². The third-order valence-corrected chi connectivity index (χ3v) is 5.56. The first kappa shape index (κ1) is 21.5. The van der Waals surface area contributed by atoms with Crippen molar-refractivity contribution in [3.63, 3.8) is 0 Å². The van der Waals surface area contributed by atoms with Crippen molar-refractivity contribution in [2.75, 3.05) is 7.11 Å². The van der Waals surface area contributed by atoms with Crippen molar-refractivity contribution < 1.29 is 23.8 Å². The molecule has 3 aromatic rings. The van der Waals surface area contributed by atoms with Crippen LogP contribution in [0.2, 0.25) is 5.02 Å². The standard InChI is InChI=1S/C24H18ClFN2O4/c1-32-19-7-6-15(12-17(19)25)22(29)20-21(16-4-2-3-5-18(16)26)28(24(31)23(20)30)13-14-8-10-27-11-9-14/h2-12,21,29H,13H2,1H3/b22-20+. The number of rotatable bonds is 5. The summed E-state index contributed by atoms with van der Waals surface area (Å²) in [7, 11) is 1.45. The molecule has 1 atom stereocenters. The average molecular weight is 453 g/mol. The number of Topliss-reactive ketones (excluding diaryl/α,β-unsaturated/α-hetero) is 1. The zero-order valence-corrected chi connectivity index (χ0v) is 17.7. The maximum Gasteiger partial charge on any atom is 0.295 e. The molecule has 1 aliphatic heterocycles. The zero-order chi connectivity index (χ0) is 22.8. The lowest BCUT2D eigenvalue weighted by atomic mass is 9.94. The minimum Gasteiger partial charge on any atom is -0.507 e. The minimum absolute atomic E-state index is 0.0340. The molecule has 0 spiro atoms. The summed E-state index contributed by atoms with van der Waals surface area (Å²) in [5.74, 6) is -2.41. The quantitative estimate of drug-likeness (QED) is 0.350. The Labute approximate surface area is 188 Å². The van der Waals surface area contributed by atoms with Crippen LogP contribution >= 0.6 is 11.6 Å². The van der Waals surface area contributed by atoms with E-state index in [4.69, 9.17) is 16.3 Å². The predicted octanol–water partition coefficient (Wildman–Crippen LogP) is 4.50. The Balaban J connectivity index is 1.89. The van der Waals surface area contributed by atoms with Gasteiger partial charge in [-0.2, -0.15) is 0 Å². The van der Waals surface area contributed by atoms with Gasteiger partial charge in [-0.05, 0) is 42.0 Å². The number of aliphatic hydroxyl groups excluding tert-OH is 1. The first-order valence-electron chi connectivity index (χ1n) is 9.68. The number of pyridine rings is 1. The van der Waals surface area contributed by atoms with Crippen LogP contribution < -0.4 is 4.74 Å². The largest absolute Gasteiger partial charge is 0.507 e. The molecular weight excluding hydrogens is 435 g/mol. The highest BCUT2D eigenvalue weighted by Crippen LogP contribution is 2.41. The van der Waals surface area contributed by atoms with Gasteiger partial charge in [0.25, 0.3) is 11.7 Å². The van der Waals surface area contributed by atoms with Crippen LogP contribution in [0, 0.1) is 5.82 Å². The van der Waals surface area contributed by atoms with Gasteiger partial charge in [-0.15, -0.1) is 0 Å².